The van der Waals surface area contributed by atoms with Gasteiger partial charge in [-0.25, -0.2) is 18.2 Å². The molecular formula is C28H43N5O8S. The Morgan fingerprint density at radius 1 is 0.976 bits per heavy atom. The first-order valence-electron chi connectivity index (χ1n) is 14.8. The molecule has 2 saturated heterocycles. The van der Waals surface area contributed by atoms with E-state index in [1.54, 1.807) is 0 Å². The van der Waals surface area contributed by atoms with E-state index in [1.165, 1.54) is 25.1 Å². The fraction of sp³-hybridized carbons (Fsp3) is 0.679. The maximum atomic E-state index is 13.3. The second-order valence-corrected chi connectivity index (χ2v) is 13.0. The minimum atomic E-state index is -4.37. The number of carboxylic acids is 1. The van der Waals surface area contributed by atoms with E-state index in [0.717, 1.165) is 64.7 Å². The van der Waals surface area contributed by atoms with Gasteiger partial charge in [0.25, 0.3) is 15.9 Å². The van der Waals surface area contributed by atoms with Gasteiger partial charge in [0.15, 0.2) is 11.5 Å². The Kier molecular flexibility index (Phi) is 11.4. The number of piperidine rings is 2. The molecule has 0 bridgehead atoms. The number of rotatable bonds is 14. The van der Waals surface area contributed by atoms with Crippen molar-refractivity contribution in [1.29, 1.82) is 0 Å². The SMILES string of the molecule is CC(C(=O)O)N(NS(=O)(=O)c1ccc2c(c1)OCO2)C(=O)CNC(=O)C(CCC1CCNCC1)CCC1CCNCC1. The van der Waals surface area contributed by atoms with Gasteiger partial charge in [0.1, 0.15) is 6.04 Å². The topological polar surface area (TPSA) is 175 Å². The lowest BCUT2D eigenvalue weighted by atomic mass is 9.84. The Hall–Kier alpha value is -2.94. The first-order chi connectivity index (χ1) is 20.1. The number of carboxylic acid groups (broad SMARTS) is 1. The van der Waals surface area contributed by atoms with Gasteiger partial charge in [0.05, 0.1) is 11.4 Å². The van der Waals surface area contributed by atoms with Gasteiger partial charge in [-0.3, -0.25) is 9.59 Å². The molecule has 1 aromatic rings. The van der Waals surface area contributed by atoms with E-state index < -0.39 is 34.5 Å². The fourth-order valence-electron chi connectivity index (χ4n) is 5.70. The van der Waals surface area contributed by atoms with Gasteiger partial charge in [-0.05, 0) is 108 Å². The molecule has 2 amide bonds. The van der Waals surface area contributed by atoms with Crippen molar-refractivity contribution < 1.29 is 37.4 Å². The third-order valence-corrected chi connectivity index (χ3v) is 9.75. The molecular weight excluding hydrogens is 566 g/mol. The summed E-state index contributed by atoms with van der Waals surface area (Å²) in [5.74, 6) is -1.15. The summed E-state index contributed by atoms with van der Waals surface area (Å²) in [5.41, 5.74) is 0. The van der Waals surface area contributed by atoms with Gasteiger partial charge in [0, 0.05) is 12.0 Å². The molecule has 1 aromatic carbocycles. The summed E-state index contributed by atoms with van der Waals surface area (Å²) in [6, 6.07) is 2.38. The van der Waals surface area contributed by atoms with Crippen LogP contribution in [0.4, 0.5) is 0 Å². The van der Waals surface area contributed by atoms with E-state index in [9.17, 15) is 27.9 Å². The van der Waals surface area contributed by atoms with Crippen LogP contribution in [0.3, 0.4) is 0 Å². The molecule has 0 aromatic heterocycles. The molecule has 14 heteroatoms. The number of fused-ring (bicyclic) bond motifs is 1. The highest BCUT2D eigenvalue weighted by molar-refractivity contribution is 7.89. The van der Waals surface area contributed by atoms with Crippen LogP contribution >= 0.6 is 0 Å². The van der Waals surface area contributed by atoms with Crippen LogP contribution in [0.2, 0.25) is 0 Å². The Morgan fingerprint density at radius 3 is 2.12 bits per heavy atom. The number of sulfonamides is 1. The molecule has 1 unspecified atom stereocenters. The zero-order valence-electron chi connectivity index (χ0n) is 24.1. The zero-order chi connectivity index (χ0) is 30.1. The molecule has 4 rings (SSSR count). The monoisotopic (exact) mass is 609 g/mol. The van der Waals surface area contributed by atoms with Gasteiger partial charge in [0.2, 0.25) is 12.7 Å². The van der Waals surface area contributed by atoms with Crippen LogP contribution in [-0.4, -0.2) is 81.9 Å². The minimum absolute atomic E-state index is 0.0522. The molecule has 0 radical (unpaired) electrons. The average Bonchev–Trinajstić information content (AvgIpc) is 3.47. The summed E-state index contributed by atoms with van der Waals surface area (Å²) in [6.45, 7) is 4.50. The zero-order valence-corrected chi connectivity index (χ0v) is 24.9. The number of aliphatic carboxylic acids is 1. The number of hydrogen-bond donors (Lipinski definition) is 5. The molecule has 1 atom stereocenters. The number of amides is 2. The van der Waals surface area contributed by atoms with Crippen LogP contribution in [0.15, 0.2) is 23.1 Å². The number of ether oxygens (including phenoxy) is 2. The molecule has 42 heavy (non-hydrogen) atoms. The van der Waals surface area contributed by atoms with Crippen LogP contribution in [0, 0.1) is 17.8 Å². The fourth-order valence-corrected chi connectivity index (χ4v) is 6.83. The Balaban J connectivity index is 1.39. The minimum Gasteiger partial charge on any atom is -0.480 e. The standard InChI is InChI=1S/C28H43N5O8S/c1-19(28(36)37)33(32-42(38,39)23-6-7-24-25(16-23)41-18-40-24)26(34)17-31-27(35)22(4-2-20-8-12-29-13-9-20)5-3-21-10-14-30-15-11-21/h6-7,16,19-22,29-30,32H,2-5,8-15,17-18H2,1H3,(H,31,35)(H,36,37). The Morgan fingerprint density at radius 2 is 1.55 bits per heavy atom. The number of benzene rings is 1. The maximum absolute atomic E-state index is 13.3. The lowest BCUT2D eigenvalue weighted by Crippen LogP contribution is -2.56. The molecule has 3 aliphatic rings. The van der Waals surface area contributed by atoms with Crippen molar-refractivity contribution in [3.8, 4) is 11.5 Å². The largest absolute Gasteiger partial charge is 0.480 e. The second kappa shape index (κ2) is 15.0. The number of carbonyl (C=O) groups is 3. The van der Waals surface area contributed by atoms with E-state index in [0.29, 0.717) is 35.4 Å². The van der Waals surface area contributed by atoms with Crippen molar-refractivity contribution in [2.45, 2.75) is 69.2 Å². The van der Waals surface area contributed by atoms with Crippen LogP contribution < -0.4 is 30.3 Å². The number of carbonyl (C=O) groups excluding carboxylic acids is 2. The third-order valence-electron chi connectivity index (χ3n) is 8.44. The smallest absolute Gasteiger partial charge is 0.327 e. The van der Waals surface area contributed by atoms with Crippen LogP contribution in [0.25, 0.3) is 0 Å². The van der Waals surface area contributed by atoms with Gasteiger partial charge < -0.3 is 30.5 Å². The van der Waals surface area contributed by atoms with E-state index >= 15 is 0 Å². The van der Waals surface area contributed by atoms with Crippen molar-refractivity contribution >= 4 is 27.8 Å². The molecule has 2 fully saturated rings. The average molecular weight is 610 g/mol. The van der Waals surface area contributed by atoms with Crippen LogP contribution in [0.5, 0.6) is 11.5 Å². The highest BCUT2D eigenvalue weighted by atomic mass is 32.2. The maximum Gasteiger partial charge on any atom is 0.327 e. The van der Waals surface area contributed by atoms with Crippen molar-refractivity contribution in [1.82, 2.24) is 25.8 Å². The first-order valence-corrected chi connectivity index (χ1v) is 16.3. The van der Waals surface area contributed by atoms with Crippen LogP contribution in [0.1, 0.15) is 58.3 Å². The molecule has 3 heterocycles. The normalized spacial score (nSPS) is 18.5. The van der Waals surface area contributed by atoms with Crippen molar-refractivity contribution in [2.24, 2.45) is 17.8 Å². The molecule has 0 spiro atoms. The van der Waals surface area contributed by atoms with Crippen molar-refractivity contribution in [3.63, 3.8) is 0 Å². The van der Waals surface area contributed by atoms with Crippen molar-refractivity contribution in [2.75, 3.05) is 39.5 Å². The molecule has 5 N–H and O–H groups in total. The molecule has 0 aliphatic carbocycles. The lowest BCUT2D eigenvalue weighted by molar-refractivity contribution is -0.150. The summed E-state index contributed by atoms with van der Waals surface area (Å²) in [6.07, 6.45) is 7.58. The number of hydrazine groups is 1. The van der Waals surface area contributed by atoms with Gasteiger partial charge >= 0.3 is 5.97 Å². The molecule has 0 saturated carbocycles. The van der Waals surface area contributed by atoms with E-state index in [2.05, 4.69) is 20.8 Å². The highest BCUT2D eigenvalue weighted by Gasteiger charge is 2.32. The second-order valence-electron chi connectivity index (χ2n) is 11.3. The molecule has 13 nitrogen and oxygen atoms in total. The predicted octanol–water partition coefficient (Wildman–Crippen LogP) is 1.20. The van der Waals surface area contributed by atoms with E-state index in [-0.39, 0.29) is 29.3 Å². The highest BCUT2D eigenvalue weighted by Crippen LogP contribution is 2.34. The number of hydrogen-bond acceptors (Lipinski definition) is 9. The number of nitrogens with zero attached hydrogens (tertiary/aromatic N) is 1. The summed E-state index contributed by atoms with van der Waals surface area (Å²) < 4.78 is 36.6. The van der Waals surface area contributed by atoms with Gasteiger partial charge in [-0.1, -0.05) is 0 Å². The van der Waals surface area contributed by atoms with Crippen LogP contribution in [-0.2, 0) is 24.4 Å². The summed E-state index contributed by atoms with van der Waals surface area (Å²) in [5, 5.41) is 19.5. The first kappa shape index (κ1) is 32.0. The number of nitrogens with one attached hydrogen (secondary N) is 4. The molecule has 234 valence electrons. The quantitative estimate of drug-likeness (QED) is 0.193. The third kappa shape index (κ3) is 8.79. The van der Waals surface area contributed by atoms with E-state index in [4.69, 9.17) is 9.47 Å². The summed E-state index contributed by atoms with van der Waals surface area (Å²) >= 11 is 0. The van der Waals surface area contributed by atoms with Gasteiger partial charge in [-0.15, -0.1) is 4.83 Å². The Bertz CT molecular complexity index is 1180. The lowest BCUT2D eigenvalue weighted by Gasteiger charge is -2.28. The van der Waals surface area contributed by atoms with Gasteiger partial charge in [-0.2, -0.15) is 0 Å². The Labute approximate surface area is 247 Å². The van der Waals surface area contributed by atoms with Crippen molar-refractivity contribution in [3.05, 3.63) is 18.2 Å². The molecule has 3 aliphatic heterocycles. The summed E-state index contributed by atoms with van der Waals surface area (Å²) in [4.78, 5) is 40.2. The predicted molar refractivity (Wildman–Crippen MR) is 153 cm³/mol. The van der Waals surface area contributed by atoms with E-state index in [1.807, 2.05) is 0 Å². The summed E-state index contributed by atoms with van der Waals surface area (Å²) in [7, 11) is -4.37.